The van der Waals surface area contributed by atoms with Gasteiger partial charge in [0, 0.05) is 5.56 Å². The first-order valence-corrected chi connectivity index (χ1v) is 5.38. The van der Waals surface area contributed by atoms with E-state index in [0.29, 0.717) is 17.1 Å². The Balaban J connectivity index is 2.00. The van der Waals surface area contributed by atoms with Gasteiger partial charge in [-0.3, -0.25) is 4.79 Å². The number of hydrogen-bond donors (Lipinski definition) is 1. The van der Waals surface area contributed by atoms with Gasteiger partial charge >= 0.3 is 0 Å². The van der Waals surface area contributed by atoms with E-state index < -0.39 is 5.91 Å². The minimum atomic E-state index is -0.433. The summed E-state index contributed by atoms with van der Waals surface area (Å²) in [5.41, 5.74) is 6.18. The van der Waals surface area contributed by atoms with Crippen molar-refractivity contribution in [2.45, 2.75) is 0 Å². The Morgan fingerprint density at radius 2 is 2.21 bits per heavy atom. The lowest BCUT2D eigenvalue weighted by Crippen LogP contribution is -2.16. The highest BCUT2D eigenvalue weighted by molar-refractivity contribution is 5.98. The fraction of sp³-hybridized carbons (Fsp3) is 0.0833. The van der Waals surface area contributed by atoms with Crippen LogP contribution in [0, 0.1) is 11.3 Å². The van der Waals surface area contributed by atoms with Crippen LogP contribution >= 0.6 is 0 Å². The second-order valence-corrected chi connectivity index (χ2v) is 3.84. The third-order valence-electron chi connectivity index (χ3n) is 2.74. The van der Waals surface area contributed by atoms with E-state index in [1.54, 1.807) is 18.2 Å². The standard InChI is InChI=1S/C12H8N4O3/c13-4-8-5-15-16(11(8)14)12(17)7-1-2-9-10(3-7)19-6-18-9/h1-3,5H,6,14H2. The van der Waals surface area contributed by atoms with Crippen molar-refractivity contribution in [3.8, 4) is 17.6 Å². The normalized spacial score (nSPS) is 12.2. The van der Waals surface area contributed by atoms with Crippen LogP contribution in [0.4, 0.5) is 5.82 Å². The smallest absolute Gasteiger partial charge is 0.280 e. The Labute approximate surface area is 107 Å². The van der Waals surface area contributed by atoms with Crippen molar-refractivity contribution in [1.82, 2.24) is 9.78 Å². The Morgan fingerprint density at radius 1 is 1.42 bits per heavy atom. The highest BCUT2D eigenvalue weighted by Gasteiger charge is 2.19. The number of nitrogens with zero attached hydrogens (tertiary/aromatic N) is 3. The lowest BCUT2D eigenvalue weighted by atomic mass is 10.2. The van der Waals surface area contributed by atoms with E-state index in [4.69, 9.17) is 20.5 Å². The molecule has 7 nitrogen and oxygen atoms in total. The highest BCUT2D eigenvalue weighted by atomic mass is 16.7. The maximum atomic E-state index is 12.2. The number of anilines is 1. The molecule has 0 fully saturated rings. The van der Waals surface area contributed by atoms with Crippen LogP contribution in [0.25, 0.3) is 0 Å². The first-order valence-electron chi connectivity index (χ1n) is 5.38. The van der Waals surface area contributed by atoms with E-state index in [2.05, 4.69) is 5.10 Å². The largest absolute Gasteiger partial charge is 0.454 e. The molecule has 0 amide bonds. The average Bonchev–Trinajstić information content (AvgIpc) is 3.03. The van der Waals surface area contributed by atoms with Gasteiger partial charge in [-0.25, -0.2) is 0 Å². The maximum absolute atomic E-state index is 12.2. The van der Waals surface area contributed by atoms with Crippen LogP contribution in [-0.4, -0.2) is 22.5 Å². The lowest BCUT2D eigenvalue weighted by molar-refractivity contribution is 0.0947. The molecular weight excluding hydrogens is 248 g/mol. The molecule has 3 rings (SSSR count). The van der Waals surface area contributed by atoms with Crippen molar-refractivity contribution in [2.24, 2.45) is 0 Å². The molecule has 1 aliphatic rings. The Bertz CT molecular complexity index is 714. The van der Waals surface area contributed by atoms with Crippen LogP contribution in [0.3, 0.4) is 0 Å². The molecule has 1 aromatic carbocycles. The summed E-state index contributed by atoms with van der Waals surface area (Å²) in [5, 5.41) is 12.6. The van der Waals surface area contributed by atoms with Gasteiger partial charge in [0.15, 0.2) is 11.5 Å². The molecule has 94 valence electrons. The molecule has 0 saturated carbocycles. The quantitative estimate of drug-likeness (QED) is 0.807. The van der Waals surface area contributed by atoms with Crippen LogP contribution in [0.5, 0.6) is 11.5 Å². The zero-order valence-corrected chi connectivity index (χ0v) is 9.66. The fourth-order valence-corrected chi connectivity index (χ4v) is 1.76. The summed E-state index contributed by atoms with van der Waals surface area (Å²) in [7, 11) is 0. The summed E-state index contributed by atoms with van der Waals surface area (Å²) in [6.45, 7) is 0.134. The maximum Gasteiger partial charge on any atom is 0.280 e. The third kappa shape index (κ3) is 1.66. The number of aromatic nitrogens is 2. The van der Waals surface area contributed by atoms with Gasteiger partial charge in [-0.1, -0.05) is 0 Å². The van der Waals surface area contributed by atoms with Crippen LogP contribution in [0.15, 0.2) is 24.4 Å². The number of nitrogens with two attached hydrogens (primary N) is 1. The van der Waals surface area contributed by atoms with Crippen molar-refractivity contribution < 1.29 is 14.3 Å². The number of hydrogen-bond acceptors (Lipinski definition) is 6. The number of nitrogen functional groups attached to an aromatic ring is 1. The molecular formula is C12H8N4O3. The van der Waals surface area contributed by atoms with E-state index in [9.17, 15) is 4.79 Å². The summed E-state index contributed by atoms with van der Waals surface area (Å²) >= 11 is 0. The molecule has 0 unspecified atom stereocenters. The van der Waals surface area contributed by atoms with E-state index >= 15 is 0 Å². The van der Waals surface area contributed by atoms with Crippen molar-refractivity contribution in [3.05, 3.63) is 35.5 Å². The lowest BCUT2D eigenvalue weighted by Gasteiger charge is -2.04. The number of nitriles is 1. The number of fused-ring (bicyclic) bond motifs is 1. The summed E-state index contributed by atoms with van der Waals surface area (Å²) < 4.78 is 11.3. The van der Waals surface area contributed by atoms with Gasteiger partial charge in [0.05, 0.1) is 6.20 Å². The predicted octanol–water partition coefficient (Wildman–Crippen LogP) is 0.754. The second-order valence-electron chi connectivity index (χ2n) is 3.84. The molecule has 1 aliphatic heterocycles. The predicted molar refractivity (Wildman–Crippen MR) is 63.6 cm³/mol. The summed E-state index contributed by atoms with van der Waals surface area (Å²) in [6.07, 6.45) is 1.25. The topological polar surface area (TPSA) is 103 Å². The number of rotatable bonds is 1. The first-order chi connectivity index (χ1) is 9.20. The second kappa shape index (κ2) is 4.03. The molecule has 2 heterocycles. The molecule has 0 radical (unpaired) electrons. The van der Waals surface area contributed by atoms with E-state index in [1.165, 1.54) is 6.20 Å². The van der Waals surface area contributed by atoms with Crippen molar-refractivity contribution in [3.63, 3.8) is 0 Å². The number of benzene rings is 1. The van der Waals surface area contributed by atoms with Gasteiger partial charge in [-0.15, -0.1) is 0 Å². The number of ether oxygens (including phenoxy) is 2. The van der Waals surface area contributed by atoms with Gasteiger partial charge in [0.2, 0.25) is 6.79 Å². The monoisotopic (exact) mass is 256 g/mol. The minimum Gasteiger partial charge on any atom is -0.454 e. The Kier molecular flexibility index (Phi) is 2.35. The van der Waals surface area contributed by atoms with Gasteiger partial charge in [-0.05, 0) is 18.2 Å². The molecule has 0 saturated heterocycles. The molecule has 1 aromatic heterocycles. The van der Waals surface area contributed by atoms with E-state index in [0.717, 1.165) is 4.68 Å². The van der Waals surface area contributed by atoms with E-state index in [1.807, 2.05) is 6.07 Å². The molecule has 2 N–H and O–H groups in total. The van der Waals surface area contributed by atoms with Crippen molar-refractivity contribution >= 4 is 11.7 Å². The number of carbonyl (C=O) groups excluding carboxylic acids is 1. The van der Waals surface area contributed by atoms with Gasteiger partial charge < -0.3 is 15.2 Å². The molecule has 0 atom stereocenters. The van der Waals surface area contributed by atoms with Crippen LogP contribution in [-0.2, 0) is 0 Å². The van der Waals surface area contributed by atoms with Crippen LogP contribution in [0.1, 0.15) is 15.9 Å². The molecule has 0 spiro atoms. The van der Waals surface area contributed by atoms with Gasteiger partial charge in [-0.2, -0.15) is 15.0 Å². The zero-order chi connectivity index (χ0) is 13.4. The van der Waals surface area contributed by atoms with E-state index in [-0.39, 0.29) is 18.2 Å². The SMILES string of the molecule is N#Cc1cnn(C(=O)c2ccc3c(c2)OCO3)c1N. The van der Waals surface area contributed by atoms with Crippen LogP contribution < -0.4 is 15.2 Å². The van der Waals surface area contributed by atoms with Gasteiger partial charge in [0.1, 0.15) is 17.5 Å². The molecule has 2 aromatic rings. The Hall–Kier alpha value is -3.01. The molecule has 7 heteroatoms. The molecule has 0 aliphatic carbocycles. The molecule has 0 bridgehead atoms. The summed E-state index contributed by atoms with van der Waals surface area (Å²) in [6, 6.07) is 6.64. The Morgan fingerprint density at radius 3 is 2.95 bits per heavy atom. The fourth-order valence-electron chi connectivity index (χ4n) is 1.76. The minimum absolute atomic E-state index is 0.0187. The third-order valence-corrected chi connectivity index (χ3v) is 2.74. The van der Waals surface area contributed by atoms with Gasteiger partial charge in [0.25, 0.3) is 5.91 Å². The van der Waals surface area contributed by atoms with Crippen LogP contribution in [0.2, 0.25) is 0 Å². The first kappa shape index (κ1) is 11.1. The van der Waals surface area contributed by atoms with Crippen molar-refractivity contribution in [2.75, 3.05) is 12.5 Å². The zero-order valence-electron chi connectivity index (χ0n) is 9.66. The number of carbonyl (C=O) groups is 1. The summed E-state index contributed by atoms with van der Waals surface area (Å²) in [5.74, 6) is 0.669. The average molecular weight is 256 g/mol. The molecule has 19 heavy (non-hydrogen) atoms. The highest BCUT2D eigenvalue weighted by Crippen LogP contribution is 2.32. The van der Waals surface area contributed by atoms with Crippen molar-refractivity contribution in [1.29, 1.82) is 5.26 Å². The summed E-state index contributed by atoms with van der Waals surface area (Å²) in [4.78, 5) is 12.2.